The van der Waals surface area contributed by atoms with Crippen LogP contribution in [0.4, 0.5) is 0 Å². The van der Waals surface area contributed by atoms with Gasteiger partial charge in [0.15, 0.2) is 6.29 Å². The monoisotopic (exact) mass is 914 g/mol. The molecule has 0 bridgehead atoms. The Morgan fingerprint density at radius 1 is 0.538 bits per heavy atom. The highest BCUT2D eigenvalue weighted by Crippen LogP contribution is 2.23. The van der Waals surface area contributed by atoms with Crippen LogP contribution in [0.3, 0.4) is 0 Å². The van der Waals surface area contributed by atoms with Gasteiger partial charge in [0.25, 0.3) is 0 Å². The van der Waals surface area contributed by atoms with Crippen molar-refractivity contribution in [2.24, 2.45) is 0 Å². The number of hydrogen-bond donors (Lipinski definition) is 6. The van der Waals surface area contributed by atoms with Crippen molar-refractivity contribution in [2.75, 3.05) is 13.2 Å². The van der Waals surface area contributed by atoms with Crippen LogP contribution in [0, 0.1) is 0 Å². The summed E-state index contributed by atoms with van der Waals surface area (Å²) in [6, 6.07) is -0.812. The number of aliphatic hydroxyl groups is 5. The van der Waals surface area contributed by atoms with Crippen LogP contribution >= 0.6 is 0 Å². The molecule has 1 amide bonds. The van der Waals surface area contributed by atoms with Crippen LogP contribution < -0.4 is 5.32 Å². The third kappa shape index (κ3) is 35.4. The molecule has 1 aliphatic rings. The highest BCUT2D eigenvalue weighted by molar-refractivity contribution is 5.76. The van der Waals surface area contributed by atoms with Gasteiger partial charge in [-0.15, -0.1) is 0 Å². The Labute approximate surface area is 398 Å². The van der Waals surface area contributed by atoms with Crippen LogP contribution in [0.2, 0.25) is 0 Å². The summed E-state index contributed by atoms with van der Waals surface area (Å²) in [6.45, 7) is 3.66. The number of hydrogen-bond acceptors (Lipinski definition) is 8. The molecule has 9 nitrogen and oxygen atoms in total. The first-order valence-corrected chi connectivity index (χ1v) is 26.7. The standard InChI is InChI=1S/C56H99NO8/c1-3-5-7-9-11-13-15-17-19-21-22-23-24-25-26-27-28-30-32-34-36-38-40-42-44-46-52(60)57-49(48-64-56-55(63)54(62)53(61)51(47-58)65-56)50(59)45-43-41-39-37-35-33-31-29-20-18-16-14-12-10-8-6-4-2/h5,7,11,13,17,19,22-23,25-26,43,45,49-51,53-56,58-59,61-63H,3-4,6,8-10,12,14-16,18,20-21,24,27-42,44,46-48H2,1-2H3,(H,57,60)/b7-5-,13-11-,19-17-,23-22-,26-25-,45-43+. The minimum atomic E-state index is -1.57. The molecule has 1 heterocycles. The number of amides is 1. The molecule has 9 heteroatoms. The highest BCUT2D eigenvalue weighted by atomic mass is 16.7. The fourth-order valence-electron chi connectivity index (χ4n) is 8.07. The lowest BCUT2D eigenvalue weighted by Gasteiger charge is -2.40. The van der Waals surface area contributed by atoms with Gasteiger partial charge in [0.2, 0.25) is 5.91 Å². The quantitative estimate of drug-likeness (QED) is 0.0261. The molecule has 376 valence electrons. The van der Waals surface area contributed by atoms with E-state index in [1.807, 2.05) is 6.08 Å². The van der Waals surface area contributed by atoms with Gasteiger partial charge in [0.1, 0.15) is 24.4 Å². The van der Waals surface area contributed by atoms with Crippen molar-refractivity contribution < 1.29 is 39.8 Å². The molecule has 1 fully saturated rings. The molecule has 0 radical (unpaired) electrons. The lowest BCUT2D eigenvalue weighted by molar-refractivity contribution is -0.302. The van der Waals surface area contributed by atoms with Crippen molar-refractivity contribution in [1.82, 2.24) is 5.32 Å². The number of rotatable bonds is 44. The minimum Gasteiger partial charge on any atom is -0.394 e. The highest BCUT2D eigenvalue weighted by Gasteiger charge is 2.44. The summed E-state index contributed by atoms with van der Waals surface area (Å²) in [7, 11) is 0. The van der Waals surface area contributed by atoms with Crippen LogP contribution in [-0.2, 0) is 14.3 Å². The molecule has 0 aromatic heterocycles. The van der Waals surface area contributed by atoms with Crippen LogP contribution in [0.15, 0.2) is 72.9 Å². The molecule has 65 heavy (non-hydrogen) atoms. The summed E-state index contributed by atoms with van der Waals surface area (Å²) >= 11 is 0. The summed E-state index contributed by atoms with van der Waals surface area (Å²) in [6.07, 6.45) is 55.2. The number of nitrogens with one attached hydrogen (secondary N) is 1. The maximum atomic E-state index is 13.0. The Hall–Kier alpha value is -2.37. The molecule has 1 rings (SSSR count). The van der Waals surface area contributed by atoms with Gasteiger partial charge in [-0.2, -0.15) is 0 Å². The molecular weight excluding hydrogens is 815 g/mol. The molecule has 7 atom stereocenters. The maximum Gasteiger partial charge on any atom is 0.220 e. The number of allylic oxidation sites excluding steroid dienone is 11. The number of aliphatic hydroxyl groups excluding tert-OH is 5. The Balaban J connectivity index is 2.27. The van der Waals surface area contributed by atoms with E-state index >= 15 is 0 Å². The molecule has 0 aromatic carbocycles. The van der Waals surface area contributed by atoms with E-state index in [0.29, 0.717) is 6.42 Å². The normalized spacial score (nSPS) is 20.5. The van der Waals surface area contributed by atoms with Crippen molar-refractivity contribution in [1.29, 1.82) is 0 Å². The van der Waals surface area contributed by atoms with E-state index in [0.717, 1.165) is 83.5 Å². The van der Waals surface area contributed by atoms with E-state index in [4.69, 9.17) is 9.47 Å². The number of carbonyl (C=O) groups is 1. The first kappa shape index (κ1) is 60.6. The third-order valence-corrected chi connectivity index (χ3v) is 12.3. The minimum absolute atomic E-state index is 0.185. The second-order valence-corrected chi connectivity index (χ2v) is 18.3. The molecule has 0 aromatic rings. The van der Waals surface area contributed by atoms with Crippen molar-refractivity contribution in [2.45, 2.75) is 262 Å². The SMILES string of the molecule is CC/C=C\C/C=C\C/C=C\C/C=C\C/C=C\CCCCCCCCCCCC(=O)NC(COC1OC(CO)C(O)C(O)C1O)C(O)/C=C/CCCCCCCCCCCCCCCCC. The van der Waals surface area contributed by atoms with E-state index in [9.17, 15) is 30.3 Å². The van der Waals surface area contributed by atoms with Gasteiger partial charge in [-0.05, 0) is 64.2 Å². The summed E-state index contributed by atoms with van der Waals surface area (Å²) in [4.78, 5) is 13.0. The van der Waals surface area contributed by atoms with E-state index in [1.165, 1.54) is 116 Å². The van der Waals surface area contributed by atoms with Crippen molar-refractivity contribution in [3.63, 3.8) is 0 Å². The van der Waals surface area contributed by atoms with Gasteiger partial charge in [0, 0.05) is 6.42 Å². The smallest absolute Gasteiger partial charge is 0.220 e. The van der Waals surface area contributed by atoms with Crippen molar-refractivity contribution in [3.8, 4) is 0 Å². The summed E-state index contributed by atoms with van der Waals surface area (Å²) in [5.74, 6) is -0.185. The van der Waals surface area contributed by atoms with E-state index in [1.54, 1.807) is 6.08 Å². The third-order valence-electron chi connectivity index (χ3n) is 12.3. The van der Waals surface area contributed by atoms with E-state index in [2.05, 4.69) is 79.9 Å². The Morgan fingerprint density at radius 3 is 1.42 bits per heavy atom. The van der Waals surface area contributed by atoms with Crippen LogP contribution in [0.1, 0.15) is 219 Å². The zero-order valence-corrected chi connectivity index (χ0v) is 41.5. The molecule has 1 saturated heterocycles. The van der Waals surface area contributed by atoms with E-state index < -0.39 is 49.5 Å². The van der Waals surface area contributed by atoms with Gasteiger partial charge < -0.3 is 40.3 Å². The van der Waals surface area contributed by atoms with E-state index in [-0.39, 0.29) is 12.5 Å². The van der Waals surface area contributed by atoms with Crippen LogP contribution in [-0.4, -0.2) is 87.5 Å². The van der Waals surface area contributed by atoms with Gasteiger partial charge in [-0.3, -0.25) is 4.79 Å². The molecule has 0 spiro atoms. The van der Waals surface area contributed by atoms with Crippen molar-refractivity contribution >= 4 is 5.91 Å². The average Bonchev–Trinajstić information content (AvgIpc) is 3.31. The predicted molar refractivity (Wildman–Crippen MR) is 272 cm³/mol. The number of unbranched alkanes of at least 4 members (excludes halogenated alkanes) is 24. The van der Waals surface area contributed by atoms with Crippen LogP contribution in [0.25, 0.3) is 0 Å². The zero-order valence-electron chi connectivity index (χ0n) is 41.5. The van der Waals surface area contributed by atoms with Gasteiger partial charge >= 0.3 is 0 Å². The number of ether oxygens (including phenoxy) is 2. The summed E-state index contributed by atoms with van der Waals surface area (Å²) in [5, 5.41) is 54.4. The molecule has 7 unspecified atom stereocenters. The first-order chi connectivity index (χ1) is 31.8. The number of carbonyl (C=O) groups excluding carboxylic acids is 1. The van der Waals surface area contributed by atoms with Crippen LogP contribution in [0.5, 0.6) is 0 Å². The topological polar surface area (TPSA) is 149 Å². The van der Waals surface area contributed by atoms with Crippen molar-refractivity contribution in [3.05, 3.63) is 72.9 Å². The molecule has 0 aliphatic carbocycles. The fraction of sp³-hybridized carbons (Fsp3) is 0.768. The first-order valence-electron chi connectivity index (χ1n) is 26.7. The average molecular weight is 914 g/mol. The van der Waals surface area contributed by atoms with Gasteiger partial charge in [0.05, 0.1) is 25.4 Å². The molecule has 0 saturated carbocycles. The summed E-state index contributed by atoms with van der Waals surface area (Å²) < 4.78 is 11.2. The predicted octanol–water partition coefficient (Wildman–Crippen LogP) is 12.5. The van der Waals surface area contributed by atoms with Gasteiger partial charge in [-0.1, -0.05) is 222 Å². The Morgan fingerprint density at radius 2 is 0.954 bits per heavy atom. The molecule has 6 N–H and O–H groups in total. The zero-order chi connectivity index (χ0) is 47.3. The summed E-state index contributed by atoms with van der Waals surface area (Å²) in [5.41, 5.74) is 0. The maximum absolute atomic E-state index is 13.0. The fourth-order valence-corrected chi connectivity index (χ4v) is 8.07. The lowest BCUT2D eigenvalue weighted by atomic mass is 9.99. The lowest BCUT2D eigenvalue weighted by Crippen LogP contribution is -2.60. The Bertz CT molecular complexity index is 1240. The molecule has 1 aliphatic heterocycles. The second kappa shape index (κ2) is 45.4. The largest absolute Gasteiger partial charge is 0.394 e. The van der Waals surface area contributed by atoms with Gasteiger partial charge in [-0.25, -0.2) is 0 Å². The molecular formula is C56H99NO8. The second-order valence-electron chi connectivity index (χ2n) is 18.3. The Kier molecular flexibility index (Phi) is 42.4.